The average molecular weight is 629 g/mol. The van der Waals surface area contributed by atoms with Crippen molar-refractivity contribution in [2.24, 2.45) is 0 Å². The molecule has 4 rings (SSSR count). The number of anilines is 1. The Morgan fingerprint density at radius 1 is 0.810 bits per heavy atom. The SMILES string of the molecule is CC(C)c1ccc(Oc2ccc(O)c(O)c2)c(-c2ccsc2SNCCNc2cc(C(F)(F)F)cc(C(F)(F)F)c2)c1. The van der Waals surface area contributed by atoms with Gasteiger partial charge in [-0.05, 0) is 77.3 Å². The summed E-state index contributed by atoms with van der Waals surface area (Å²) in [5.74, 6) is 0.459. The van der Waals surface area contributed by atoms with Crippen LogP contribution in [-0.2, 0) is 12.4 Å². The minimum atomic E-state index is -4.92. The molecule has 0 unspecified atom stereocenters. The minimum Gasteiger partial charge on any atom is -0.504 e. The van der Waals surface area contributed by atoms with Gasteiger partial charge in [-0.1, -0.05) is 19.9 Å². The molecule has 1 aromatic heterocycles. The lowest BCUT2D eigenvalue weighted by Crippen LogP contribution is -2.17. The van der Waals surface area contributed by atoms with Crippen molar-refractivity contribution in [3.8, 4) is 34.1 Å². The van der Waals surface area contributed by atoms with E-state index < -0.39 is 23.5 Å². The van der Waals surface area contributed by atoms with Crippen LogP contribution in [0.1, 0.15) is 36.5 Å². The van der Waals surface area contributed by atoms with Gasteiger partial charge >= 0.3 is 12.4 Å². The van der Waals surface area contributed by atoms with Crippen molar-refractivity contribution >= 4 is 29.0 Å². The van der Waals surface area contributed by atoms with Crippen LogP contribution >= 0.6 is 23.3 Å². The van der Waals surface area contributed by atoms with Gasteiger partial charge < -0.3 is 20.3 Å². The molecule has 0 amide bonds. The van der Waals surface area contributed by atoms with Crippen molar-refractivity contribution in [2.75, 3.05) is 18.4 Å². The molecule has 1 heterocycles. The van der Waals surface area contributed by atoms with Gasteiger partial charge in [0.1, 0.15) is 11.5 Å². The predicted molar refractivity (Wildman–Crippen MR) is 152 cm³/mol. The molecule has 0 aliphatic rings. The van der Waals surface area contributed by atoms with Gasteiger partial charge in [0.15, 0.2) is 11.5 Å². The maximum absolute atomic E-state index is 13.1. The Morgan fingerprint density at radius 2 is 1.50 bits per heavy atom. The summed E-state index contributed by atoms with van der Waals surface area (Å²) in [5.41, 5.74) is -0.360. The molecule has 0 spiro atoms. The molecular formula is C29H26F6N2O3S2. The van der Waals surface area contributed by atoms with E-state index in [0.717, 1.165) is 20.9 Å². The van der Waals surface area contributed by atoms with Crippen molar-refractivity contribution in [3.63, 3.8) is 0 Å². The van der Waals surface area contributed by atoms with E-state index in [0.29, 0.717) is 23.6 Å². The van der Waals surface area contributed by atoms with Crippen LogP contribution in [0, 0.1) is 0 Å². The van der Waals surface area contributed by atoms with E-state index in [-0.39, 0.29) is 42.3 Å². The number of aromatic hydroxyl groups is 2. The van der Waals surface area contributed by atoms with Crippen LogP contribution in [0.25, 0.3) is 11.1 Å². The highest BCUT2D eigenvalue weighted by atomic mass is 32.2. The number of thiophene rings is 1. The Labute approximate surface area is 246 Å². The molecule has 0 saturated heterocycles. The van der Waals surface area contributed by atoms with Crippen molar-refractivity contribution in [2.45, 2.75) is 36.3 Å². The van der Waals surface area contributed by atoms with Crippen molar-refractivity contribution in [1.82, 2.24) is 4.72 Å². The maximum Gasteiger partial charge on any atom is 0.416 e. The fourth-order valence-electron chi connectivity index (χ4n) is 3.91. The number of rotatable bonds is 10. The second-order valence-electron chi connectivity index (χ2n) is 9.50. The van der Waals surface area contributed by atoms with Crippen LogP contribution in [0.5, 0.6) is 23.0 Å². The summed E-state index contributed by atoms with van der Waals surface area (Å²) in [7, 11) is 0. The highest BCUT2D eigenvalue weighted by Gasteiger charge is 2.36. The molecule has 4 aromatic rings. The Balaban J connectivity index is 1.47. The topological polar surface area (TPSA) is 73.8 Å². The quantitative estimate of drug-likeness (QED) is 0.0607. The number of phenols is 2. The predicted octanol–water partition coefficient (Wildman–Crippen LogP) is 9.49. The summed E-state index contributed by atoms with van der Waals surface area (Å²) >= 11 is 2.72. The zero-order valence-corrected chi connectivity index (χ0v) is 23.9. The fraction of sp³-hybridized carbons (Fsp3) is 0.241. The highest BCUT2D eigenvalue weighted by Crippen LogP contribution is 2.43. The Hall–Kier alpha value is -3.55. The Bertz CT molecular complexity index is 1500. The summed E-state index contributed by atoms with van der Waals surface area (Å²) in [5, 5.41) is 24.0. The van der Waals surface area contributed by atoms with Gasteiger partial charge in [0, 0.05) is 36.0 Å². The third-order valence-corrected chi connectivity index (χ3v) is 8.07. The van der Waals surface area contributed by atoms with Crippen LogP contribution < -0.4 is 14.8 Å². The van der Waals surface area contributed by atoms with Gasteiger partial charge in [-0.3, -0.25) is 4.72 Å². The minimum absolute atomic E-state index is 0.0634. The van der Waals surface area contributed by atoms with Crippen molar-refractivity contribution < 1.29 is 41.3 Å². The van der Waals surface area contributed by atoms with Gasteiger partial charge in [0.2, 0.25) is 0 Å². The van der Waals surface area contributed by atoms with E-state index in [2.05, 4.69) is 23.9 Å². The molecular weight excluding hydrogens is 602 g/mol. The number of alkyl halides is 6. The number of hydrogen-bond acceptors (Lipinski definition) is 7. The summed E-state index contributed by atoms with van der Waals surface area (Å²) < 4.78 is 88.8. The molecule has 13 heteroatoms. The van der Waals surface area contributed by atoms with Crippen LogP contribution in [0.4, 0.5) is 32.0 Å². The van der Waals surface area contributed by atoms with Crippen LogP contribution in [0.3, 0.4) is 0 Å². The normalized spacial score (nSPS) is 12.1. The molecule has 0 fully saturated rings. The molecule has 4 N–H and O–H groups in total. The number of hydrogen-bond donors (Lipinski definition) is 4. The molecule has 0 bridgehead atoms. The first kappa shape index (κ1) is 31.4. The van der Waals surface area contributed by atoms with Crippen LogP contribution in [0.15, 0.2) is 70.3 Å². The van der Waals surface area contributed by atoms with E-state index in [1.807, 2.05) is 29.6 Å². The standard InChI is InChI=1S/C29H26F6N2O3S2/c1-16(2)17-3-6-26(40-21-4-5-24(38)25(39)15-21)23(11-17)22-7-10-41-27(22)42-37-9-8-36-20-13-18(28(30,31)32)12-19(14-20)29(33,34)35/h3-7,10-16,36-39H,8-9H2,1-2H3. The molecule has 224 valence electrons. The van der Waals surface area contributed by atoms with Gasteiger partial charge in [0.25, 0.3) is 0 Å². The van der Waals surface area contributed by atoms with Gasteiger partial charge in [0.05, 0.1) is 15.3 Å². The van der Waals surface area contributed by atoms with Crippen molar-refractivity contribution in [1.29, 1.82) is 0 Å². The third-order valence-electron chi connectivity index (χ3n) is 6.07. The van der Waals surface area contributed by atoms with E-state index in [1.54, 1.807) is 0 Å². The summed E-state index contributed by atoms with van der Waals surface area (Å²) in [6.45, 7) is 4.39. The molecule has 0 aliphatic heterocycles. The lowest BCUT2D eigenvalue weighted by Gasteiger charge is -2.16. The van der Waals surface area contributed by atoms with Gasteiger partial charge in [-0.2, -0.15) is 26.3 Å². The molecule has 0 aliphatic carbocycles. The van der Waals surface area contributed by atoms with Crippen LogP contribution in [-0.4, -0.2) is 23.3 Å². The lowest BCUT2D eigenvalue weighted by atomic mass is 9.98. The smallest absolute Gasteiger partial charge is 0.416 e. The second kappa shape index (κ2) is 12.8. The maximum atomic E-state index is 13.1. The first-order valence-corrected chi connectivity index (χ1v) is 14.3. The lowest BCUT2D eigenvalue weighted by molar-refractivity contribution is -0.143. The highest BCUT2D eigenvalue weighted by molar-refractivity contribution is 7.99. The summed E-state index contributed by atoms with van der Waals surface area (Å²) in [6, 6.07) is 13.2. The number of nitrogens with one attached hydrogen (secondary N) is 2. The van der Waals surface area contributed by atoms with E-state index in [9.17, 15) is 36.6 Å². The van der Waals surface area contributed by atoms with E-state index >= 15 is 0 Å². The first-order valence-electron chi connectivity index (χ1n) is 12.6. The zero-order valence-electron chi connectivity index (χ0n) is 22.2. The zero-order chi connectivity index (χ0) is 30.7. The van der Waals surface area contributed by atoms with Crippen molar-refractivity contribution in [3.05, 3.63) is 82.7 Å². The molecule has 0 radical (unpaired) electrons. The number of ether oxygens (including phenoxy) is 1. The monoisotopic (exact) mass is 628 g/mol. The fourth-order valence-corrected chi connectivity index (χ4v) is 5.70. The number of phenolic OH excluding ortho intramolecular Hbond substituents is 2. The molecule has 5 nitrogen and oxygen atoms in total. The Morgan fingerprint density at radius 3 is 2.12 bits per heavy atom. The summed E-state index contributed by atoms with van der Waals surface area (Å²) in [4.78, 5) is 0. The van der Waals surface area contributed by atoms with Crippen LogP contribution in [0.2, 0.25) is 0 Å². The molecule has 3 aromatic carbocycles. The van der Waals surface area contributed by atoms with E-state index in [1.165, 1.54) is 41.5 Å². The average Bonchev–Trinajstić information content (AvgIpc) is 3.38. The molecule has 0 atom stereocenters. The van der Waals surface area contributed by atoms with Gasteiger partial charge in [-0.25, -0.2) is 0 Å². The van der Waals surface area contributed by atoms with E-state index in [4.69, 9.17) is 4.74 Å². The Kier molecular flexibility index (Phi) is 9.53. The van der Waals surface area contributed by atoms with Gasteiger partial charge in [-0.15, -0.1) is 11.3 Å². The third kappa shape index (κ3) is 7.84. The largest absolute Gasteiger partial charge is 0.504 e. The molecule has 42 heavy (non-hydrogen) atoms. The molecule has 0 saturated carbocycles. The summed E-state index contributed by atoms with van der Waals surface area (Å²) in [6.07, 6.45) is -9.83. The number of halogens is 6. The second-order valence-corrected chi connectivity index (χ2v) is 11.6. The number of benzene rings is 3. The first-order chi connectivity index (χ1) is 19.7.